The number of rotatable bonds is 6. The van der Waals surface area contributed by atoms with Crippen LogP contribution in [0, 0.1) is 6.92 Å². The summed E-state index contributed by atoms with van der Waals surface area (Å²) in [7, 11) is 0. The second kappa shape index (κ2) is 7.24. The quantitative estimate of drug-likeness (QED) is 0.838. The second-order valence-corrected chi connectivity index (χ2v) is 5.51. The van der Waals surface area contributed by atoms with E-state index in [1.54, 1.807) is 6.20 Å². The molecule has 0 aliphatic rings. The average molecular weight is 335 g/mol. The van der Waals surface area contributed by atoms with E-state index < -0.39 is 0 Å². The Bertz CT molecular complexity index is 554. The van der Waals surface area contributed by atoms with Crippen LogP contribution in [0.1, 0.15) is 24.5 Å². The smallest absolute Gasteiger partial charge is 0.224 e. The first-order valence-electron chi connectivity index (χ1n) is 6.75. The lowest BCUT2D eigenvalue weighted by Gasteiger charge is -2.10. The van der Waals surface area contributed by atoms with E-state index in [0.29, 0.717) is 5.95 Å². The molecular weight excluding hydrogens is 316 g/mol. The van der Waals surface area contributed by atoms with Gasteiger partial charge in [-0.2, -0.15) is 4.98 Å². The van der Waals surface area contributed by atoms with Gasteiger partial charge in [0, 0.05) is 19.3 Å². The Morgan fingerprint density at radius 2 is 1.90 bits per heavy atom. The van der Waals surface area contributed by atoms with Gasteiger partial charge in [-0.1, -0.05) is 36.8 Å². The molecule has 0 amide bonds. The van der Waals surface area contributed by atoms with E-state index in [2.05, 4.69) is 74.6 Å². The van der Waals surface area contributed by atoms with Crippen molar-refractivity contribution in [2.24, 2.45) is 0 Å². The molecule has 2 rings (SSSR count). The van der Waals surface area contributed by atoms with Gasteiger partial charge >= 0.3 is 0 Å². The summed E-state index contributed by atoms with van der Waals surface area (Å²) in [5.74, 6) is 1.46. The molecular formula is C15H19BrN4. The maximum absolute atomic E-state index is 4.46. The van der Waals surface area contributed by atoms with Crippen molar-refractivity contribution in [3.63, 3.8) is 0 Å². The summed E-state index contributed by atoms with van der Waals surface area (Å²) in [5.41, 5.74) is 2.49. The molecule has 0 aliphatic carbocycles. The van der Waals surface area contributed by atoms with Crippen LogP contribution in [0.2, 0.25) is 0 Å². The summed E-state index contributed by atoms with van der Waals surface area (Å²) in [6.07, 6.45) is 2.81. The largest absolute Gasteiger partial charge is 0.365 e. The first kappa shape index (κ1) is 14.8. The summed E-state index contributed by atoms with van der Waals surface area (Å²) in [4.78, 5) is 8.70. The summed E-state index contributed by atoms with van der Waals surface area (Å²) in [5, 5.41) is 6.51. The molecule has 1 heterocycles. The molecule has 2 aromatic rings. The second-order valence-electron chi connectivity index (χ2n) is 4.66. The summed E-state index contributed by atoms with van der Waals surface area (Å²) >= 11 is 3.47. The number of aromatic nitrogens is 2. The zero-order chi connectivity index (χ0) is 14.4. The van der Waals surface area contributed by atoms with E-state index in [1.807, 2.05) is 0 Å². The fourth-order valence-corrected chi connectivity index (χ4v) is 2.04. The van der Waals surface area contributed by atoms with Gasteiger partial charge in [0.1, 0.15) is 5.82 Å². The number of hydrogen-bond donors (Lipinski definition) is 2. The van der Waals surface area contributed by atoms with Crippen LogP contribution >= 0.6 is 15.9 Å². The Kier molecular flexibility index (Phi) is 5.35. The third-order valence-electron chi connectivity index (χ3n) is 2.86. The normalized spacial score (nSPS) is 10.3. The summed E-state index contributed by atoms with van der Waals surface area (Å²) in [6.45, 7) is 5.81. The van der Waals surface area contributed by atoms with Crippen molar-refractivity contribution in [2.75, 3.05) is 17.2 Å². The Morgan fingerprint density at radius 1 is 1.15 bits per heavy atom. The molecule has 0 aliphatic heterocycles. The molecule has 0 atom stereocenters. The number of nitrogens with one attached hydrogen (secondary N) is 2. The lowest BCUT2D eigenvalue weighted by molar-refractivity contribution is 0.948. The standard InChI is InChI=1S/C15H19BrN4/c1-3-8-17-15-19-10-13(16)14(20-15)18-9-12-6-4-11(2)5-7-12/h4-7,10H,3,8-9H2,1-2H3,(H2,17,18,19,20). The Hall–Kier alpha value is -1.62. The number of nitrogens with zero attached hydrogens (tertiary/aromatic N) is 2. The highest BCUT2D eigenvalue weighted by atomic mass is 79.9. The Balaban J connectivity index is 2.02. The molecule has 0 unspecified atom stereocenters. The van der Waals surface area contributed by atoms with Crippen LogP contribution in [0.5, 0.6) is 0 Å². The van der Waals surface area contributed by atoms with Crippen LogP contribution in [0.4, 0.5) is 11.8 Å². The molecule has 4 nitrogen and oxygen atoms in total. The first-order chi connectivity index (χ1) is 9.69. The monoisotopic (exact) mass is 334 g/mol. The molecule has 0 spiro atoms. The zero-order valence-electron chi connectivity index (χ0n) is 11.8. The fourth-order valence-electron chi connectivity index (χ4n) is 1.70. The van der Waals surface area contributed by atoms with E-state index in [4.69, 9.17) is 0 Å². The average Bonchev–Trinajstić information content (AvgIpc) is 2.46. The maximum Gasteiger partial charge on any atom is 0.224 e. The lowest BCUT2D eigenvalue weighted by atomic mass is 10.1. The van der Waals surface area contributed by atoms with Gasteiger partial charge in [-0.25, -0.2) is 4.98 Å². The van der Waals surface area contributed by atoms with Crippen LogP contribution in [0.15, 0.2) is 34.9 Å². The lowest BCUT2D eigenvalue weighted by Crippen LogP contribution is -2.08. The predicted octanol–water partition coefficient (Wildman–Crippen LogP) is 3.98. The highest BCUT2D eigenvalue weighted by molar-refractivity contribution is 9.10. The number of benzene rings is 1. The number of aryl methyl sites for hydroxylation is 1. The van der Waals surface area contributed by atoms with Crippen LogP contribution in [-0.2, 0) is 6.54 Å². The van der Waals surface area contributed by atoms with Crippen molar-refractivity contribution in [3.05, 3.63) is 46.1 Å². The number of anilines is 2. The SMILES string of the molecule is CCCNc1ncc(Br)c(NCc2ccc(C)cc2)n1. The van der Waals surface area contributed by atoms with E-state index in [0.717, 1.165) is 29.8 Å². The van der Waals surface area contributed by atoms with Gasteiger partial charge in [0.05, 0.1) is 4.47 Å². The number of hydrogen-bond acceptors (Lipinski definition) is 4. The summed E-state index contributed by atoms with van der Waals surface area (Å²) < 4.78 is 0.867. The van der Waals surface area contributed by atoms with E-state index in [1.165, 1.54) is 11.1 Å². The maximum atomic E-state index is 4.46. The van der Waals surface area contributed by atoms with E-state index in [9.17, 15) is 0 Å². The van der Waals surface area contributed by atoms with Gasteiger partial charge in [-0.3, -0.25) is 0 Å². The van der Waals surface area contributed by atoms with Gasteiger partial charge in [0.2, 0.25) is 5.95 Å². The molecule has 0 bridgehead atoms. The van der Waals surface area contributed by atoms with Crippen LogP contribution in [0.3, 0.4) is 0 Å². The zero-order valence-corrected chi connectivity index (χ0v) is 13.4. The molecule has 20 heavy (non-hydrogen) atoms. The Morgan fingerprint density at radius 3 is 2.60 bits per heavy atom. The summed E-state index contributed by atoms with van der Waals surface area (Å²) in [6, 6.07) is 8.46. The first-order valence-corrected chi connectivity index (χ1v) is 7.54. The highest BCUT2D eigenvalue weighted by Gasteiger charge is 2.04. The van der Waals surface area contributed by atoms with Gasteiger partial charge < -0.3 is 10.6 Å². The minimum Gasteiger partial charge on any atom is -0.365 e. The van der Waals surface area contributed by atoms with Gasteiger partial charge in [0.15, 0.2) is 0 Å². The molecule has 0 radical (unpaired) electrons. The molecule has 0 saturated heterocycles. The molecule has 106 valence electrons. The van der Waals surface area contributed by atoms with Crippen molar-refractivity contribution in [2.45, 2.75) is 26.8 Å². The third-order valence-corrected chi connectivity index (χ3v) is 3.44. The van der Waals surface area contributed by atoms with E-state index in [-0.39, 0.29) is 0 Å². The molecule has 0 saturated carbocycles. The van der Waals surface area contributed by atoms with Gasteiger partial charge in [-0.05, 0) is 34.8 Å². The Labute approximate surface area is 128 Å². The third kappa shape index (κ3) is 4.20. The topological polar surface area (TPSA) is 49.8 Å². The molecule has 1 aromatic carbocycles. The molecule has 0 fully saturated rings. The van der Waals surface area contributed by atoms with Crippen LogP contribution in [0.25, 0.3) is 0 Å². The highest BCUT2D eigenvalue weighted by Crippen LogP contribution is 2.20. The van der Waals surface area contributed by atoms with E-state index >= 15 is 0 Å². The molecule has 1 aromatic heterocycles. The van der Waals surface area contributed by atoms with Crippen molar-refractivity contribution >= 4 is 27.7 Å². The van der Waals surface area contributed by atoms with Crippen LogP contribution in [-0.4, -0.2) is 16.5 Å². The van der Waals surface area contributed by atoms with Crippen molar-refractivity contribution in [1.82, 2.24) is 9.97 Å². The van der Waals surface area contributed by atoms with Crippen LogP contribution < -0.4 is 10.6 Å². The van der Waals surface area contributed by atoms with Gasteiger partial charge in [-0.15, -0.1) is 0 Å². The molecule has 2 N–H and O–H groups in total. The molecule has 5 heteroatoms. The number of halogens is 1. The predicted molar refractivity (Wildman–Crippen MR) is 87.0 cm³/mol. The minimum absolute atomic E-state index is 0.654. The van der Waals surface area contributed by atoms with Crippen molar-refractivity contribution in [1.29, 1.82) is 0 Å². The minimum atomic E-state index is 0.654. The van der Waals surface area contributed by atoms with Gasteiger partial charge in [0.25, 0.3) is 0 Å². The van der Waals surface area contributed by atoms with Crippen molar-refractivity contribution in [3.8, 4) is 0 Å². The van der Waals surface area contributed by atoms with Crippen molar-refractivity contribution < 1.29 is 0 Å². The fraction of sp³-hybridized carbons (Fsp3) is 0.333.